The fourth-order valence-electron chi connectivity index (χ4n) is 1.78. The van der Waals surface area contributed by atoms with Crippen molar-refractivity contribution in [3.05, 3.63) is 48.0 Å². The zero-order chi connectivity index (χ0) is 13.2. The third-order valence-electron chi connectivity index (χ3n) is 2.72. The van der Waals surface area contributed by atoms with Crippen molar-refractivity contribution in [1.82, 2.24) is 0 Å². The molecule has 2 unspecified atom stereocenters. The first kappa shape index (κ1) is 12.7. The molecular weight excluding hydrogens is 232 g/mol. The lowest BCUT2D eigenvalue weighted by Gasteiger charge is -2.28. The summed E-state index contributed by atoms with van der Waals surface area (Å²) in [5.74, 6) is -1.97. The molecule has 18 heavy (non-hydrogen) atoms. The molecule has 1 aromatic rings. The highest BCUT2D eigenvalue weighted by Crippen LogP contribution is 2.21. The topological polar surface area (TPSA) is 63.6 Å². The predicted octanol–water partition coefficient (Wildman–Crippen LogP) is 1.49. The van der Waals surface area contributed by atoms with Crippen molar-refractivity contribution in [3.8, 4) is 0 Å². The second-order valence-corrected chi connectivity index (χ2v) is 4.39. The first-order valence-electron chi connectivity index (χ1n) is 5.69. The highest BCUT2D eigenvalue weighted by Gasteiger charge is 2.33. The van der Waals surface area contributed by atoms with Crippen LogP contribution in [0.4, 0.5) is 0 Å². The van der Waals surface area contributed by atoms with Crippen LogP contribution in [-0.2, 0) is 9.53 Å². The van der Waals surface area contributed by atoms with Gasteiger partial charge in [-0.15, -0.1) is 0 Å². The van der Waals surface area contributed by atoms with Crippen molar-refractivity contribution in [3.63, 3.8) is 0 Å². The van der Waals surface area contributed by atoms with E-state index in [9.17, 15) is 14.7 Å². The molecule has 2 atom stereocenters. The second-order valence-electron chi connectivity index (χ2n) is 4.39. The van der Waals surface area contributed by atoms with Gasteiger partial charge in [0.25, 0.3) is 0 Å². The molecule has 1 N–H and O–H groups in total. The maximum atomic E-state index is 11.9. The largest absolute Gasteiger partial charge is 0.362 e. The third kappa shape index (κ3) is 2.91. The van der Waals surface area contributed by atoms with Crippen LogP contribution in [0.1, 0.15) is 23.7 Å². The molecule has 0 amide bonds. The van der Waals surface area contributed by atoms with Gasteiger partial charge in [-0.2, -0.15) is 0 Å². The molecule has 0 aliphatic carbocycles. The molecule has 0 saturated heterocycles. The number of Topliss-reactive ketones (excluding diaryl/α,β-unsaturated/α-hetero) is 1. The van der Waals surface area contributed by atoms with Gasteiger partial charge in [0.05, 0.1) is 0 Å². The summed E-state index contributed by atoms with van der Waals surface area (Å²) in [6.45, 7) is 1.43. The van der Waals surface area contributed by atoms with Gasteiger partial charge in [-0.25, -0.2) is 0 Å². The lowest BCUT2D eigenvalue weighted by atomic mass is 10.00. The summed E-state index contributed by atoms with van der Waals surface area (Å²) in [5.41, 5.74) is 0.531. The maximum absolute atomic E-state index is 11.9. The Morgan fingerprint density at radius 2 is 2.06 bits per heavy atom. The van der Waals surface area contributed by atoms with E-state index in [1.165, 1.54) is 19.1 Å². The van der Waals surface area contributed by atoms with E-state index in [1.807, 2.05) is 6.07 Å². The summed E-state index contributed by atoms with van der Waals surface area (Å²) in [6, 6.07) is 8.69. The Balaban J connectivity index is 2.08. The van der Waals surface area contributed by atoms with Crippen molar-refractivity contribution >= 4 is 11.6 Å². The number of ether oxygens (including phenoxy) is 1. The van der Waals surface area contributed by atoms with Gasteiger partial charge in [0.15, 0.2) is 17.4 Å². The quantitative estimate of drug-likeness (QED) is 0.821. The van der Waals surface area contributed by atoms with Crippen molar-refractivity contribution in [2.24, 2.45) is 0 Å². The molecule has 0 aromatic heterocycles. The third-order valence-corrected chi connectivity index (χ3v) is 2.72. The standard InChI is InChI=1S/C14H14O4/c1-14(17)8-7-11(15)13(18-14)9-12(16)10-5-3-2-4-6-10/h2-8,13,17H,9H2,1H3. The molecule has 0 fully saturated rings. The average Bonchev–Trinajstić information content (AvgIpc) is 2.35. The number of rotatable bonds is 3. The fraction of sp³-hybridized carbons (Fsp3) is 0.286. The minimum absolute atomic E-state index is 0.0661. The first-order chi connectivity index (χ1) is 8.48. The molecule has 94 valence electrons. The molecular formula is C14H14O4. The number of hydrogen-bond acceptors (Lipinski definition) is 4. The Morgan fingerprint density at radius 1 is 1.39 bits per heavy atom. The summed E-state index contributed by atoms with van der Waals surface area (Å²) < 4.78 is 5.18. The molecule has 0 bridgehead atoms. The van der Waals surface area contributed by atoms with E-state index >= 15 is 0 Å². The maximum Gasteiger partial charge on any atom is 0.184 e. The highest BCUT2D eigenvalue weighted by molar-refractivity contribution is 6.02. The van der Waals surface area contributed by atoms with E-state index in [0.29, 0.717) is 5.56 Å². The van der Waals surface area contributed by atoms with E-state index < -0.39 is 11.9 Å². The summed E-state index contributed by atoms with van der Waals surface area (Å²) in [7, 11) is 0. The summed E-state index contributed by atoms with van der Waals surface area (Å²) in [6.07, 6.45) is 1.55. The zero-order valence-electron chi connectivity index (χ0n) is 10.00. The van der Waals surface area contributed by atoms with Gasteiger partial charge < -0.3 is 9.84 Å². The summed E-state index contributed by atoms with van der Waals surface area (Å²) in [5, 5.41) is 9.67. The Labute approximate surface area is 105 Å². The number of carbonyl (C=O) groups excluding carboxylic acids is 2. The van der Waals surface area contributed by atoms with Gasteiger partial charge in [-0.3, -0.25) is 9.59 Å². The Kier molecular flexibility index (Phi) is 3.41. The molecule has 0 saturated carbocycles. The van der Waals surface area contributed by atoms with E-state index in [0.717, 1.165) is 0 Å². The van der Waals surface area contributed by atoms with Gasteiger partial charge >= 0.3 is 0 Å². The van der Waals surface area contributed by atoms with Gasteiger partial charge in [-0.1, -0.05) is 30.3 Å². The van der Waals surface area contributed by atoms with Gasteiger partial charge in [0.1, 0.15) is 6.10 Å². The molecule has 4 heteroatoms. The monoisotopic (exact) mass is 246 g/mol. The Bertz CT molecular complexity index is 488. The molecule has 0 radical (unpaired) electrons. The highest BCUT2D eigenvalue weighted by atomic mass is 16.6. The number of benzene rings is 1. The lowest BCUT2D eigenvalue weighted by molar-refractivity contribution is -0.191. The average molecular weight is 246 g/mol. The van der Waals surface area contributed by atoms with E-state index in [-0.39, 0.29) is 18.0 Å². The van der Waals surface area contributed by atoms with E-state index in [2.05, 4.69) is 0 Å². The normalized spacial score (nSPS) is 27.2. The van der Waals surface area contributed by atoms with Gasteiger partial charge in [0.2, 0.25) is 0 Å². The van der Waals surface area contributed by atoms with Crippen molar-refractivity contribution in [1.29, 1.82) is 0 Å². The fourth-order valence-corrected chi connectivity index (χ4v) is 1.78. The molecule has 4 nitrogen and oxygen atoms in total. The van der Waals surface area contributed by atoms with Gasteiger partial charge in [0, 0.05) is 12.0 Å². The van der Waals surface area contributed by atoms with Crippen LogP contribution in [0.25, 0.3) is 0 Å². The Morgan fingerprint density at radius 3 is 2.72 bits per heavy atom. The van der Waals surface area contributed by atoms with Crippen molar-refractivity contribution < 1.29 is 19.4 Å². The number of hydrogen-bond donors (Lipinski definition) is 1. The SMILES string of the molecule is CC1(O)C=CC(=O)C(CC(=O)c2ccccc2)O1. The number of aliphatic hydroxyl groups is 1. The molecule has 1 heterocycles. The molecule has 0 spiro atoms. The van der Waals surface area contributed by atoms with Crippen LogP contribution < -0.4 is 0 Å². The van der Waals surface area contributed by atoms with Crippen LogP contribution in [0.2, 0.25) is 0 Å². The van der Waals surface area contributed by atoms with Crippen molar-refractivity contribution in [2.45, 2.75) is 25.2 Å². The van der Waals surface area contributed by atoms with Crippen LogP contribution in [0.5, 0.6) is 0 Å². The molecule has 1 aliphatic heterocycles. The number of ketones is 2. The van der Waals surface area contributed by atoms with E-state index in [1.54, 1.807) is 24.3 Å². The van der Waals surface area contributed by atoms with Crippen LogP contribution in [0.15, 0.2) is 42.5 Å². The van der Waals surface area contributed by atoms with Crippen LogP contribution in [0.3, 0.4) is 0 Å². The predicted molar refractivity (Wildman–Crippen MR) is 65.0 cm³/mol. The molecule has 1 aliphatic rings. The number of carbonyl (C=O) groups is 2. The first-order valence-corrected chi connectivity index (χ1v) is 5.69. The van der Waals surface area contributed by atoms with Gasteiger partial charge in [-0.05, 0) is 19.1 Å². The lowest BCUT2D eigenvalue weighted by Crippen LogP contribution is -2.40. The summed E-state index contributed by atoms with van der Waals surface area (Å²) >= 11 is 0. The zero-order valence-corrected chi connectivity index (χ0v) is 10.00. The molecule has 2 rings (SSSR count). The smallest absolute Gasteiger partial charge is 0.184 e. The van der Waals surface area contributed by atoms with Crippen LogP contribution in [-0.4, -0.2) is 28.6 Å². The minimum Gasteiger partial charge on any atom is -0.362 e. The summed E-state index contributed by atoms with van der Waals surface area (Å²) in [4.78, 5) is 23.5. The molecule has 1 aromatic carbocycles. The van der Waals surface area contributed by atoms with Crippen LogP contribution >= 0.6 is 0 Å². The van der Waals surface area contributed by atoms with E-state index in [4.69, 9.17) is 4.74 Å². The van der Waals surface area contributed by atoms with Crippen LogP contribution in [0, 0.1) is 0 Å². The second kappa shape index (κ2) is 4.84. The minimum atomic E-state index is -1.49. The Hall–Kier alpha value is -1.78. The van der Waals surface area contributed by atoms with Crippen molar-refractivity contribution in [2.75, 3.05) is 0 Å².